The zero-order valence-corrected chi connectivity index (χ0v) is 15.9. The van der Waals surface area contributed by atoms with Gasteiger partial charge >= 0.3 is 0 Å². The Morgan fingerprint density at radius 3 is 2.86 bits per heavy atom. The lowest BCUT2D eigenvalue weighted by Gasteiger charge is -2.15. The van der Waals surface area contributed by atoms with Gasteiger partial charge in [-0.05, 0) is 37.5 Å². The van der Waals surface area contributed by atoms with E-state index in [9.17, 15) is 9.59 Å². The smallest absolute Gasteiger partial charge is 0.267 e. The molecule has 7 heteroatoms. The fraction of sp³-hybridized carbons (Fsp3) is 0.333. The van der Waals surface area contributed by atoms with Crippen LogP contribution in [0.5, 0.6) is 0 Å². The molecule has 3 aromatic rings. The summed E-state index contributed by atoms with van der Waals surface area (Å²) in [6, 6.07) is 5.30. The Labute approximate surface area is 161 Å². The molecule has 0 aliphatic heterocycles. The quantitative estimate of drug-likeness (QED) is 0.540. The van der Waals surface area contributed by atoms with Crippen LogP contribution in [-0.4, -0.2) is 25.9 Å². The van der Waals surface area contributed by atoms with Gasteiger partial charge in [0.1, 0.15) is 16.8 Å². The zero-order valence-electron chi connectivity index (χ0n) is 15.9. The normalized spacial score (nSPS) is 14.6. The van der Waals surface area contributed by atoms with Crippen molar-refractivity contribution < 1.29 is 4.79 Å². The Morgan fingerprint density at radius 2 is 2.14 bits per heavy atom. The molecule has 0 saturated heterocycles. The van der Waals surface area contributed by atoms with Crippen molar-refractivity contribution in [1.29, 1.82) is 5.41 Å². The summed E-state index contributed by atoms with van der Waals surface area (Å²) in [7, 11) is 0. The van der Waals surface area contributed by atoms with E-state index >= 15 is 0 Å². The van der Waals surface area contributed by atoms with Gasteiger partial charge in [0.15, 0.2) is 0 Å². The van der Waals surface area contributed by atoms with Gasteiger partial charge in [0.25, 0.3) is 11.5 Å². The molecule has 3 heterocycles. The van der Waals surface area contributed by atoms with Crippen LogP contribution in [0, 0.1) is 12.3 Å². The molecular weight excluding hydrogens is 354 g/mol. The molecule has 1 aliphatic rings. The minimum absolute atomic E-state index is 0.0336. The van der Waals surface area contributed by atoms with Crippen LogP contribution >= 0.6 is 0 Å². The van der Waals surface area contributed by atoms with E-state index in [-0.39, 0.29) is 35.1 Å². The molecule has 1 aliphatic carbocycles. The highest BCUT2D eigenvalue weighted by molar-refractivity contribution is 5.97. The zero-order chi connectivity index (χ0) is 19.8. The van der Waals surface area contributed by atoms with Gasteiger partial charge in [0.05, 0.1) is 10.9 Å². The van der Waals surface area contributed by atoms with Crippen molar-refractivity contribution in [1.82, 2.24) is 19.3 Å². The standard InChI is InChI=1S/C21H23N5O2/c1-3-10-25-18(22)15(20(27)23-14-6-4-5-7-14)11-16-19(25)24-17-9-8-13(2)12-26(17)21(16)28/h3,8-9,11-12,14,22H,1,4-7,10H2,2H3,(H,23,27). The molecule has 0 atom stereocenters. The lowest BCUT2D eigenvalue weighted by molar-refractivity contribution is 0.0935. The molecule has 0 unspecified atom stereocenters. The average Bonchev–Trinajstić information content (AvgIpc) is 3.18. The van der Waals surface area contributed by atoms with Crippen molar-refractivity contribution in [3.63, 3.8) is 0 Å². The molecule has 0 radical (unpaired) electrons. The summed E-state index contributed by atoms with van der Waals surface area (Å²) in [5.41, 5.74) is 1.79. The molecule has 0 spiro atoms. The lowest BCUT2D eigenvalue weighted by atomic mass is 10.1. The summed E-state index contributed by atoms with van der Waals surface area (Å²) < 4.78 is 3.05. The summed E-state index contributed by atoms with van der Waals surface area (Å²) >= 11 is 0. The Bertz CT molecular complexity index is 1220. The van der Waals surface area contributed by atoms with E-state index in [4.69, 9.17) is 5.41 Å². The van der Waals surface area contributed by atoms with Crippen LogP contribution in [-0.2, 0) is 6.54 Å². The number of allylic oxidation sites excluding steroid dienone is 1. The summed E-state index contributed by atoms with van der Waals surface area (Å²) in [5, 5.41) is 11.9. The molecule has 1 saturated carbocycles. The van der Waals surface area contributed by atoms with Crippen molar-refractivity contribution in [3.8, 4) is 0 Å². The molecular formula is C21H23N5O2. The number of fused-ring (bicyclic) bond motifs is 2. The van der Waals surface area contributed by atoms with E-state index in [0.717, 1.165) is 31.2 Å². The van der Waals surface area contributed by atoms with Gasteiger partial charge in [-0.2, -0.15) is 0 Å². The Morgan fingerprint density at radius 1 is 1.39 bits per heavy atom. The lowest BCUT2D eigenvalue weighted by Crippen LogP contribution is -2.38. The maximum absolute atomic E-state index is 13.1. The number of amides is 1. The number of nitrogens with one attached hydrogen (secondary N) is 2. The van der Waals surface area contributed by atoms with Crippen molar-refractivity contribution in [2.75, 3.05) is 0 Å². The van der Waals surface area contributed by atoms with E-state index in [0.29, 0.717) is 16.7 Å². The average molecular weight is 377 g/mol. The molecule has 28 heavy (non-hydrogen) atoms. The number of carbonyl (C=O) groups excluding carboxylic acids is 1. The molecule has 7 nitrogen and oxygen atoms in total. The summed E-state index contributed by atoms with van der Waals surface area (Å²) in [6.45, 7) is 5.93. The van der Waals surface area contributed by atoms with E-state index < -0.39 is 0 Å². The first-order chi connectivity index (χ1) is 13.5. The van der Waals surface area contributed by atoms with Crippen molar-refractivity contribution in [3.05, 3.63) is 64.0 Å². The van der Waals surface area contributed by atoms with Crippen LogP contribution in [0.4, 0.5) is 0 Å². The number of hydrogen-bond donors (Lipinski definition) is 2. The molecule has 3 aromatic heterocycles. The number of aromatic nitrogens is 3. The number of nitrogens with zero attached hydrogens (tertiary/aromatic N) is 3. The fourth-order valence-corrected chi connectivity index (χ4v) is 3.86. The number of pyridine rings is 2. The van der Waals surface area contributed by atoms with Gasteiger partial charge in [-0.15, -0.1) is 6.58 Å². The minimum Gasteiger partial charge on any atom is -0.349 e. The predicted octanol–water partition coefficient (Wildman–Crippen LogP) is 2.30. The predicted molar refractivity (Wildman–Crippen MR) is 107 cm³/mol. The van der Waals surface area contributed by atoms with Gasteiger partial charge in [0, 0.05) is 18.8 Å². The van der Waals surface area contributed by atoms with Crippen LogP contribution in [0.25, 0.3) is 16.7 Å². The van der Waals surface area contributed by atoms with Crippen LogP contribution in [0.1, 0.15) is 41.6 Å². The van der Waals surface area contributed by atoms with Crippen molar-refractivity contribution in [2.24, 2.45) is 0 Å². The summed E-state index contributed by atoms with van der Waals surface area (Å²) in [6.07, 6.45) is 7.47. The molecule has 1 fully saturated rings. The number of carbonyl (C=O) groups is 1. The first-order valence-electron chi connectivity index (χ1n) is 9.52. The first-order valence-corrected chi connectivity index (χ1v) is 9.52. The van der Waals surface area contributed by atoms with E-state index in [1.807, 2.05) is 13.0 Å². The summed E-state index contributed by atoms with van der Waals surface area (Å²) in [4.78, 5) is 30.6. The largest absolute Gasteiger partial charge is 0.349 e. The number of rotatable bonds is 4. The van der Waals surface area contributed by atoms with E-state index in [1.165, 1.54) is 10.5 Å². The molecule has 4 rings (SSSR count). The number of aryl methyl sites for hydroxylation is 1. The van der Waals surface area contributed by atoms with Crippen molar-refractivity contribution >= 4 is 22.6 Å². The minimum atomic E-state index is -0.314. The van der Waals surface area contributed by atoms with Crippen LogP contribution in [0.2, 0.25) is 0 Å². The monoisotopic (exact) mass is 377 g/mol. The fourth-order valence-electron chi connectivity index (χ4n) is 3.86. The maximum atomic E-state index is 13.1. The third-order valence-electron chi connectivity index (χ3n) is 5.30. The van der Waals surface area contributed by atoms with Gasteiger partial charge in [-0.25, -0.2) is 4.98 Å². The molecule has 144 valence electrons. The Hall–Kier alpha value is -3.22. The topological polar surface area (TPSA) is 92.2 Å². The SMILES string of the molecule is C=CCn1c(=N)c(C(=O)NC2CCCC2)cc2c(=O)n3cc(C)ccc3nc21. The van der Waals surface area contributed by atoms with Crippen molar-refractivity contribution in [2.45, 2.75) is 45.2 Å². The van der Waals surface area contributed by atoms with E-state index in [1.54, 1.807) is 22.9 Å². The van der Waals surface area contributed by atoms with Crippen LogP contribution < -0.4 is 16.4 Å². The highest BCUT2D eigenvalue weighted by Crippen LogP contribution is 2.18. The Kier molecular flexibility index (Phi) is 4.58. The summed E-state index contributed by atoms with van der Waals surface area (Å²) in [5.74, 6) is -0.314. The van der Waals surface area contributed by atoms with Crippen LogP contribution in [0.15, 0.2) is 41.8 Å². The van der Waals surface area contributed by atoms with Gasteiger partial charge in [-0.3, -0.25) is 19.4 Å². The Balaban J connectivity index is 1.97. The first kappa shape index (κ1) is 18.2. The third-order valence-corrected chi connectivity index (χ3v) is 5.30. The molecule has 0 bridgehead atoms. The molecule has 0 aromatic carbocycles. The maximum Gasteiger partial charge on any atom is 0.267 e. The third kappa shape index (κ3) is 3.02. The molecule has 2 N–H and O–H groups in total. The number of hydrogen-bond acceptors (Lipinski definition) is 4. The highest BCUT2D eigenvalue weighted by atomic mass is 16.2. The van der Waals surface area contributed by atoms with Gasteiger partial charge in [0.2, 0.25) is 0 Å². The second kappa shape index (κ2) is 7.07. The molecule has 1 amide bonds. The highest BCUT2D eigenvalue weighted by Gasteiger charge is 2.21. The second-order valence-corrected chi connectivity index (χ2v) is 7.35. The van der Waals surface area contributed by atoms with Gasteiger partial charge in [-0.1, -0.05) is 25.0 Å². The van der Waals surface area contributed by atoms with Crippen LogP contribution in [0.3, 0.4) is 0 Å². The van der Waals surface area contributed by atoms with Gasteiger partial charge < -0.3 is 9.88 Å². The van der Waals surface area contributed by atoms with E-state index in [2.05, 4.69) is 16.9 Å². The second-order valence-electron chi connectivity index (χ2n) is 7.35.